The molecule has 0 aliphatic heterocycles. The van der Waals surface area contributed by atoms with E-state index in [-0.39, 0.29) is 15.7 Å². The first kappa shape index (κ1) is 11.4. The zero-order valence-corrected chi connectivity index (χ0v) is 9.27. The van der Waals surface area contributed by atoms with Gasteiger partial charge in [-0.25, -0.2) is 10.1 Å². The maximum absolute atomic E-state index is 10.5. The Morgan fingerprint density at radius 2 is 1.71 bits per heavy atom. The molecule has 0 N–H and O–H groups in total. The molecule has 0 aliphatic rings. The van der Waals surface area contributed by atoms with Crippen LogP contribution in [-0.2, 0) is 0 Å². The Kier molecular flexibility index (Phi) is 3.42. The molecular weight excluding hydrogens is 250 g/mol. The quantitative estimate of drug-likeness (QED) is 0.602. The first-order valence-corrected chi connectivity index (χ1v) is 4.59. The average Bonchev–Trinajstić information content (AvgIpc) is 2.01. The minimum atomic E-state index is -0.624. The molecule has 0 atom stereocenters. The maximum atomic E-state index is 10.5. The molecule has 0 saturated carbocycles. The molecule has 4 nitrogen and oxygen atoms in total. The van der Waals surface area contributed by atoms with Crippen LogP contribution < -0.4 is 5.01 Å². The Balaban J connectivity index is 3.27. The van der Waals surface area contributed by atoms with Gasteiger partial charge in [-0.3, -0.25) is 0 Å². The van der Waals surface area contributed by atoms with Crippen molar-refractivity contribution in [3.8, 4) is 0 Å². The largest absolute Gasteiger partial charge is 0.234 e. The molecule has 1 aromatic carbocycles. The Morgan fingerprint density at radius 3 is 2.07 bits per heavy atom. The van der Waals surface area contributed by atoms with E-state index in [1.807, 2.05) is 0 Å². The molecule has 0 aromatic heterocycles. The summed E-state index contributed by atoms with van der Waals surface area (Å²) in [5, 5.41) is 11.2. The van der Waals surface area contributed by atoms with Gasteiger partial charge in [0, 0.05) is 5.02 Å². The van der Waals surface area contributed by atoms with Crippen molar-refractivity contribution >= 4 is 40.5 Å². The summed E-state index contributed by atoms with van der Waals surface area (Å²) in [7, 11) is 1.25. The van der Waals surface area contributed by atoms with Crippen LogP contribution in [0.25, 0.3) is 0 Å². The van der Waals surface area contributed by atoms with E-state index in [4.69, 9.17) is 34.8 Å². The van der Waals surface area contributed by atoms with E-state index in [9.17, 15) is 10.1 Å². The van der Waals surface area contributed by atoms with Crippen molar-refractivity contribution in [2.75, 3.05) is 12.1 Å². The molecule has 14 heavy (non-hydrogen) atoms. The molecule has 7 heteroatoms. The van der Waals surface area contributed by atoms with Crippen molar-refractivity contribution in [3.63, 3.8) is 0 Å². The predicted octanol–water partition coefficient (Wildman–Crippen LogP) is 3.27. The average molecular weight is 255 g/mol. The van der Waals surface area contributed by atoms with Crippen LogP contribution in [0, 0.1) is 10.1 Å². The second-order valence-electron chi connectivity index (χ2n) is 2.48. The fraction of sp³-hybridized carbons (Fsp3) is 0.143. The predicted molar refractivity (Wildman–Crippen MR) is 56.9 cm³/mol. The normalized spacial score (nSPS) is 10.0. The van der Waals surface area contributed by atoms with E-state index in [1.54, 1.807) is 0 Å². The van der Waals surface area contributed by atoms with Gasteiger partial charge in [-0.2, -0.15) is 0 Å². The smallest absolute Gasteiger partial charge is 0.164 e. The van der Waals surface area contributed by atoms with Gasteiger partial charge in [-0.1, -0.05) is 39.8 Å². The van der Waals surface area contributed by atoms with E-state index in [1.165, 1.54) is 19.2 Å². The molecule has 0 spiro atoms. The van der Waals surface area contributed by atoms with Gasteiger partial charge in [0.05, 0.1) is 17.1 Å². The number of hydrogen-bond acceptors (Lipinski definition) is 2. The van der Waals surface area contributed by atoms with Crippen LogP contribution in [0.3, 0.4) is 0 Å². The molecule has 0 amide bonds. The molecule has 0 fully saturated rings. The number of halogens is 3. The zero-order chi connectivity index (χ0) is 10.9. The van der Waals surface area contributed by atoms with Gasteiger partial charge < -0.3 is 0 Å². The van der Waals surface area contributed by atoms with E-state index in [0.29, 0.717) is 5.02 Å². The van der Waals surface area contributed by atoms with Crippen LogP contribution in [0.5, 0.6) is 0 Å². The van der Waals surface area contributed by atoms with Crippen molar-refractivity contribution in [2.24, 2.45) is 0 Å². The van der Waals surface area contributed by atoms with Crippen LogP contribution in [0.2, 0.25) is 15.1 Å². The fourth-order valence-electron chi connectivity index (χ4n) is 0.925. The van der Waals surface area contributed by atoms with Crippen molar-refractivity contribution in [3.05, 3.63) is 37.3 Å². The second-order valence-corrected chi connectivity index (χ2v) is 3.73. The van der Waals surface area contributed by atoms with Crippen LogP contribution in [0.15, 0.2) is 12.1 Å². The number of rotatable bonds is 2. The topological polar surface area (TPSA) is 46.4 Å². The van der Waals surface area contributed by atoms with Gasteiger partial charge in [0.25, 0.3) is 0 Å². The lowest BCUT2D eigenvalue weighted by atomic mass is 10.3. The number of nitrogens with zero attached hydrogens (tertiary/aromatic N) is 2. The Morgan fingerprint density at radius 1 is 1.29 bits per heavy atom. The molecular formula is C7H5Cl3N2O2. The first-order valence-electron chi connectivity index (χ1n) is 3.46. The van der Waals surface area contributed by atoms with E-state index < -0.39 is 5.03 Å². The van der Waals surface area contributed by atoms with Gasteiger partial charge in [-0.05, 0) is 12.1 Å². The second kappa shape index (κ2) is 4.21. The highest BCUT2D eigenvalue weighted by Crippen LogP contribution is 2.35. The number of anilines is 1. The first-order chi connectivity index (χ1) is 6.43. The third-order valence-corrected chi connectivity index (χ3v) is 2.34. The Bertz CT molecular complexity index is 360. The molecule has 0 aliphatic carbocycles. The van der Waals surface area contributed by atoms with Crippen LogP contribution in [0.1, 0.15) is 0 Å². The number of hydrogen-bond donors (Lipinski definition) is 0. The van der Waals surface area contributed by atoms with Crippen LogP contribution in [-0.4, -0.2) is 12.1 Å². The number of benzene rings is 1. The summed E-state index contributed by atoms with van der Waals surface area (Å²) in [6.07, 6.45) is 0. The molecule has 0 unspecified atom stereocenters. The summed E-state index contributed by atoms with van der Waals surface area (Å²) in [4.78, 5) is 10.5. The number of nitro groups is 1. The summed E-state index contributed by atoms with van der Waals surface area (Å²) in [6, 6.07) is 2.79. The van der Waals surface area contributed by atoms with Gasteiger partial charge >= 0.3 is 0 Å². The Hall–Kier alpha value is -0.710. The van der Waals surface area contributed by atoms with E-state index >= 15 is 0 Å². The highest BCUT2D eigenvalue weighted by Gasteiger charge is 2.19. The molecule has 0 heterocycles. The summed E-state index contributed by atoms with van der Waals surface area (Å²) in [5.74, 6) is 0. The molecule has 1 rings (SSSR count). The van der Waals surface area contributed by atoms with Crippen molar-refractivity contribution in [1.29, 1.82) is 0 Å². The van der Waals surface area contributed by atoms with E-state index in [0.717, 1.165) is 5.01 Å². The standard InChI is InChI=1S/C7H5Cl3N2O2/c1-11(12(13)14)7-5(9)2-4(8)3-6(7)10/h2-3H,1H3. The molecule has 0 radical (unpaired) electrons. The summed E-state index contributed by atoms with van der Waals surface area (Å²) in [6.45, 7) is 0. The van der Waals surface area contributed by atoms with Crippen molar-refractivity contribution in [1.82, 2.24) is 0 Å². The van der Waals surface area contributed by atoms with Gasteiger partial charge in [-0.15, -0.1) is 0 Å². The van der Waals surface area contributed by atoms with Gasteiger partial charge in [0.15, 0.2) is 5.03 Å². The minimum Gasteiger partial charge on any atom is -0.234 e. The molecule has 1 aromatic rings. The maximum Gasteiger partial charge on any atom is 0.164 e. The summed E-state index contributed by atoms with van der Waals surface area (Å²) < 4.78 is 0. The molecule has 0 bridgehead atoms. The number of hydrazine groups is 1. The van der Waals surface area contributed by atoms with Crippen LogP contribution >= 0.6 is 34.8 Å². The van der Waals surface area contributed by atoms with Crippen molar-refractivity contribution in [2.45, 2.75) is 0 Å². The highest BCUT2D eigenvalue weighted by atomic mass is 35.5. The highest BCUT2D eigenvalue weighted by molar-refractivity contribution is 6.41. The van der Waals surface area contributed by atoms with Gasteiger partial charge in [0.1, 0.15) is 5.69 Å². The summed E-state index contributed by atoms with van der Waals surface area (Å²) in [5.41, 5.74) is 0.128. The lowest BCUT2D eigenvalue weighted by molar-refractivity contribution is -0.490. The third-order valence-electron chi connectivity index (χ3n) is 1.55. The minimum absolute atomic E-state index is 0.128. The molecule has 0 saturated heterocycles. The van der Waals surface area contributed by atoms with E-state index in [2.05, 4.69) is 0 Å². The SMILES string of the molecule is CN(c1c(Cl)cc(Cl)cc1Cl)[N+](=O)[O-]. The zero-order valence-electron chi connectivity index (χ0n) is 7.00. The monoisotopic (exact) mass is 254 g/mol. The lowest BCUT2D eigenvalue weighted by Gasteiger charge is -2.11. The van der Waals surface area contributed by atoms with Crippen LogP contribution in [0.4, 0.5) is 5.69 Å². The molecule has 76 valence electrons. The lowest BCUT2D eigenvalue weighted by Crippen LogP contribution is -2.25. The fourth-order valence-corrected chi connectivity index (χ4v) is 1.99. The third kappa shape index (κ3) is 2.20. The Labute approximate surface area is 95.1 Å². The summed E-state index contributed by atoms with van der Waals surface area (Å²) >= 11 is 17.2. The van der Waals surface area contributed by atoms with Gasteiger partial charge in [0.2, 0.25) is 0 Å². The van der Waals surface area contributed by atoms with Crippen molar-refractivity contribution < 1.29 is 5.03 Å².